The summed E-state index contributed by atoms with van der Waals surface area (Å²) < 4.78 is 19.1. The largest absolute Gasteiger partial charge is 0.476 e. The van der Waals surface area contributed by atoms with Crippen molar-refractivity contribution in [3.63, 3.8) is 0 Å². The number of nitrogens with zero attached hydrogens (tertiary/aromatic N) is 1. The molecule has 1 aromatic carbocycles. The van der Waals surface area contributed by atoms with Gasteiger partial charge in [-0.2, -0.15) is 0 Å². The van der Waals surface area contributed by atoms with Crippen LogP contribution in [0.15, 0.2) is 27.2 Å². The monoisotopic (exact) mass is 313 g/mol. The van der Waals surface area contributed by atoms with Crippen molar-refractivity contribution in [2.24, 2.45) is 0 Å². The predicted octanol–water partition coefficient (Wildman–Crippen LogP) is 3.50. The Morgan fingerprint density at radius 3 is 2.78 bits per heavy atom. The SMILES string of the molecule is CCc1cc(Br)c(F)c(-c2cc(C(=O)O)no2)c1. The van der Waals surface area contributed by atoms with Crippen molar-refractivity contribution in [2.75, 3.05) is 0 Å². The van der Waals surface area contributed by atoms with Crippen LogP contribution in [0.5, 0.6) is 0 Å². The average molecular weight is 314 g/mol. The molecule has 0 amide bonds. The molecular formula is C12H9BrFNO3. The molecule has 4 nitrogen and oxygen atoms in total. The van der Waals surface area contributed by atoms with Gasteiger partial charge in [0.1, 0.15) is 5.82 Å². The van der Waals surface area contributed by atoms with E-state index in [-0.39, 0.29) is 17.0 Å². The second kappa shape index (κ2) is 4.89. The van der Waals surface area contributed by atoms with E-state index >= 15 is 0 Å². The summed E-state index contributed by atoms with van der Waals surface area (Å²) in [5.41, 5.74) is 0.857. The lowest BCUT2D eigenvalue weighted by Gasteiger charge is -2.04. The van der Waals surface area contributed by atoms with Crippen molar-refractivity contribution in [1.29, 1.82) is 0 Å². The first kappa shape index (κ1) is 12.8. The van der Waals surface area contributed by atoms with Crippen molar-refractivity contribution < 1.29 is 18.8 Å². The number of carbonyl (C=O) groups is 1. The second-order valence-electron chi connectivity index (χ2n) is 3.67. The first-order valence-corrected chi connectivity index (χ1v) is 6.00. The van der Waals surface area contributed by atoms with Crippen molar-refractivity contribution in [2.45, 2.75) is 13.3 Å². The van der Waals surface area contributed by atoms with Crippen LogP contribution in [0.2, 0.25) is 0 Å². The van der Waals surface area contributed by atoms with Gasteiger partial charge in [0.2, 0.25) is 0 Å². The summed E-state index contributed by atoms with van der Waals surface area (Å²) in [6, 6.07) is 4.49. The van der Waals surface area contributed by atoms with Crippen LogP contribution in [-0.2, 0) is 6.42 Å². The maximum atomic E-state index is 13.9. The van der Waals surface area contributed by atoms with Crippen molar-refractivity contribution in [3.05, 3.63) is 39.7 Å². The second-order valence-corrected chi connectivity index (χ2v) is 4.53. The van der Waals surface area contributed by atoms with E-state index in [2.05, 4.69) is 21.1 Å². The van der Waals surface area contributed by atoms with E-state index < -0.39 is 11.8 Å². The van der Waals surface area contributed by atoms with Crippen LogP contribution < -0.4 is 0 Å². The van der Waals surface area contributed by atoms with Crippen molar-refractivity contribution in [1.82, 2.24) is 5.16 Å². The van der Waals surface area contributed by atoms with Crippen LogP contribution in [0.3, 0.4) is 0 Å². The van der Waals surface area contributed by atoms with Crippen LogP contribution in [0.4, 0.5) is 4.39 Å². The van der Waals surface area contributed by atoms with Gasteiger partial charge < -0.3 is 9.63 Å². The van der Waals surface area contributed by atoms with E-state index in [1.165, 1.54) is 6.07 Å². The fourth-order valence-corrected chi connectivity index (χ4v) is 2.04. The summed E-state index contributed by atoms with van der Waals surface area (Å²) in [7, 11) is 0. The van der Waals surface area contributed by atoms with Crippen molar-refractivity contribution in [3.8, 4) is 11.3 Å². The molecule has 18 heavy (non-hydrogen) atoms. The summed E-state index contributed by atoms with van der Waals surface area (Å²) >= 11 is 3.12. The zero-order valence-electron chi connectivity index (χ0n) is 9.41. The summed E-state index contributed by atoms with van der Waals surface area (Å²) in [5, 5.41) is 12.1. The molecule has 94 valence electrons. The summed E-state index contributed by atoms with van der Waals surface area (Å²) in [5.74, 6) is -1.61. The van der Waals surface area contributed by atoms with Gasteiger partial charge in [-0.05, 0) is 40.0 Å². The number of rotatable bonds is 3. The summed E-state index contributed by atoms with van der Waals surface area (Å²) in [4.78, 5) is 10.7. The van der Waals surface area contributed by atoms with Crippen LogP contribution in [0, 0.1) is 5.82 Å². The van der Waals surface area contributed by atoms with Crippen LogP contribution in [0.25, 0.3) is 11.3 Å². The van der Waals surface area contributed by atoms with Gasteiger partial charge in [0.05, 0.1) is 10.0 Å². The first-order chi connectivity index (χ1) is 8.52. The Morgan fingerprint density at radius 1 is 1.50 bits per heavy atom. The number of hydrogen-bond donors (Lipinski definition) is 1. The third kappa shape index (κ3) is 2.28. The van der Waals surface area contributed by atoms with Crippen LogP contribution in [0.1, 0.15) is 23.0 Å². The maximum absolute atomic E-state index is 13.9. The Hall–Kier alpha value is -1.69. The van der Waals surface area contributed by atoms with Gasteiger partial charge in [0.15, 0.2) is 11.5 Å². The van der Waals surface area contributed by atoms with E-state index in [9.17, 15) is 9.18 Å². The van der Waals surface area contributed by atoms with E-state index in [1.807, 2.05) is 6.92 Å². The Kier molecular flexibility index (Phi) is 3.47. The zero-order chi connectivity index (χ0) is 13.3. The predicted molar refractivity (Wildman–Crippen MR) is 65.9 cm³/mol. The topological polar surface area (TPSA) is 63.3 Å². The van der Waals surface area contributed by atoms with Gasteiger partial charge in [0, 0.05) is 6.07 Å². The number of aryl methyl sites for hydroxylation is 1. The molecule has 0 aliphatic rings. The molecule has 1 heterocycles. The number of benzene rings is 1. The fourth-order valence-electron chi connectivity index (χ4n) is 1.53. The van der Waals surface area contributed by atoms with Gasteiger partial charge in [-0.3, -0.25) is 0 Å². The molecule has 0 saturated carbocycles. The zero-order valence-corrected chi connectivity index (χ0v) is 11.0. The molecule has 0 bridgehead atoms. The molecule has 0 saturated heterocycles. The molecule has 2 aromatic rings. The number of hydrogen-bond acceptors (Lipinski definition) is 3. The van der Waals surface area contributed by atoms with Gasteiger partial charge >= 0.3 is 5.97 Å². The molecule has 1 aromatic heterocycles. The number of aromatic nitrogens is 1. The summed E-state index contributed by atoms with van der Waals surface area (Å²) in [6.45, 7) is 1.94. The van der Waals surface area contributed by atoms with E-state index in [1.54, 1.807) is 12.1 Å². The number of halogens is 2. The highest BCUT2D eigenvalue weighted by Crippen LogP contribution is 2.30. The molecule has 0 spiro atoms. The van der Waals surface area contributed by atoms with Gasteiger partial charge in [0.25, 0.3) is 0 Å². The Labute approximate surface area is 111 Å². The van der Waals surface area contributed by atoms with Gasteiger partial charge in [-0.25, -0.2) is 9.18 Å². The molecule has 0 fully saturated rings. The Bertz CT molecular complexity index is 609. The Morgan fingerprint density at radius 2 is 2.22 bits per heavy atom. The molecule has 0 radical (unpaired) electrons. The minimum atomic E-state index is -1.21. The minimum Gasteiger partial charge on any atom is -0.476 e. The van der Waals surface area contributed by atoms with Crippen molar-refractivity contribution >= 4 is 21.9 Å². The van der Waals surface area contributed by atoms with Gasteiger partial charge in [-0.15, -0.1) is 0 Å². The van der Waals surface area contributed by atoms with E-state index in [4.69, 9.17) is 9.63 Å². The lowest BCUT2D eigenvalue weighted by atomic mass is 10.1. The molecule has 0 atom stereocenters. The van der Waals surface area contributed by atoms with Crippen LogP contribution in [-0.4, -0.2) is 16.2 Å². The molecule has 0 aliphatic carbocycles. The quantitative estimate of drug-likeness (QED) is 0.942. The highest BCUT2D eigenvalue weighted by molar-refractivity contribution is 9.10. The summed E-state index contributed by atoms with van der Waals surface area (Å²) in [6.07, 6.45) is 0.728. The Balaban J connectivity index is 2.55. The maximum Gasteiger partial charge on any atom is 0.358 e. The fraction of sp³-hybridized carbons (Fsp3) is 0.167. The number of carboxylic acids is 1. The third-order valence-corrected chi connectivity index (χ3v) is 3.07. The minimum absolute atomic E-state index is 0.0981. The highest BCUT2D eigenvalue weighted by atomic mass is 79.9. The molecule has 6 heteroatoms. The van der Waals surface area contributed by atoms with E-state index in [0.29, 0.717) is 4.47 Å². The highest BCUT2D eigenvalue weighted by Gasteiger charge is 2.17. The van der Waals surface area contributed by atoms with Crippen LogP contribution >= 0.6 is 15.9 Å². The normalized spacial score (nSPS) is 10.6. The smallest absolute Gasteiger partial charge is 0.358 e. The molecular weight excluding hydrogens is 305 g/mol. The lowest BCUT2D eigenvalue weighted by Crippen LogP contribution is -1.94. The van der Waals surface area contributed by atoms with Gasteiger partial charge in [-0.1, -0.05) is 12.1 Å². The number of carboxylic acid groups (broad SMARTS) is 1. The van der Waals surface area contributed by atoms with E-state index in [0.717, 1.165) is 12.0 Å². The molecule has 1 N–H and O–H groups in total. The average Bonchev–Trinajstić information content (AvgIpc) is 2.82. The standard InChI is InChI=1S/C12H9BrFNO3/c1-2-6-3-7(11(14)8(13)4-6)10-5-9(12(16)17)15-18-10/h3-5H,2H2,1H3,(H,16,17). The molecule has 0 aliphatic heterocycles. The number of aromatic carboxylic acids is 1. The first-order valence-electron chi connectivity index (χ1n) is 5.21. The third-order valence-electron chi connectivity index (χ3n) is 2.49. The molecule has 0 unspecified atom stereocenters. The lowest BCUT2D eigenvalue weighted by molar-refractivity contribution is 0.0686. The molecule has 2 rings (SSSR count).